The lowest BCUT2D eigenvalue weighted by Crippen LogP contribution is -2.41. The van der Waals surface area contributed by atoms with E-state index >= 15 is 0 Å². The first-order chi connectivity index (χ1) is 12.6. The van der Waals surface area contributed by atoms with Crippen LogP contribution in [0, 0.1) is 0 Å². The standard InChI is InChI=1S/C19H17N3O3S/c1-21(19-20-13-6-2-5-9-16(13)26-19)17(23)10-11-22-14-7-3-4-8-15(14)25-12-18(22)24/h2-9H,10-12H2,1H3. The Hall–Kier alpha value is -2.93. The number of hydrogen-bond donors (Lipinski definition) is 0. The molecule has 2 heterocycles. The third kappa shape index (κ3) is 3.01. The van der Waals surface area contributed by atoms with Gasteiger partial charge in [0.25, 0.3) is 5.91 Å². The molecule has 0 bridgehead atoms. The van der Waals surface area contributed by atoms with Gasteiger partial charge in [0, 0.05) is 20.0 Å². The van der Waals surface area contributed by atoms with Gasteiger partial charge in [-0.25, -0.2) is 4.98 Å². The Morgan fingerprint density at radius 1 is 1.23 bits per heavy atom. The molecular weight excluding hydrogens is 350 g/mol. The van der Waals surface area contributed by atoms with Crippen LogP contribution in [0.25, 0.3) is 10.2 Å². The van der Waals surface area contributed by atoms with Crippen LogP contribution in [-0.2, 0) is 9.59 Å². The maximum absolute atomic E-state index is 12.6. The number of anilines is 2. The zero-order chi connectivity index (χ0) is 18.1. The number of aromatic nitrogens is 1. The molecule has 0 saturated carbocycles. The van der Waals surface area contributed by atoms with Gasteiger partial charge in [0.1, 0.15) is 5.75 Å². The van der Waals surface area contributed by atoms with Crippen molar-refractivity contribution >= 4 is 44.2 Å². The number of rotatable bonds is 4. The molecule has 0 atom stereocenters. The average Bonchev–Trinajstić information content (AvgIpc) is 3.10. The van der Waals surface area contributed by atoms with E-state index < -0.39 is 0 Å². The highest BCUT2D eigenvalue weighted by Gasteiger charge is 2.26. The third-order valence-corrected chi connectivity index (χ3v) is 5.41. The molecule has 2 aromatic carbocycles. The second-order valence-electron chi connectivity index (χ2n) is 5.97. The SMILES string of the molecule is CN(C(=O)CCN1C(=O)COc2ccccc21)c1nc2ccccc2s1. The molecule has 0 spiro atoms. The molecule has 0 radical (unpaired) electrons. The quantitative estimate of drug-likeness (QED) is 0.711. The van der Waals surface area contributed by atoms with Crippen molar-refractivity contribution in [2.24, 2.45) is 0 Å². The van der Waals surface area contributed by atoms with E-state index in [0.29, 0.717) is 23.1 Å². The van der Waals surface area contributed by atoms with Crippen LogP contribution in [0.4, 0.5) is 10.8 Å². The predicted molar refractivity (Wildman–Crippen MR) is 102 cm³/mol. The summed E-state index contributed by atoms with van der Waals surface area (Å²) >= 11 is 1.48. The fraction of sp³-hybridized carbons (Fsp3) is 0.211. The van der Waals surface area contributed by atoms with E-state index in [2.05, 4.69) is 4.98 Å². The summed E-state index contributed by atoms with van der Waals surface area (Å²) in [6.45, 7) is 0.312. The number of benzene rings is 2. The van der Waals surface area contributed by atoms with Crippen LogP contribution in [0.5, 0.6) is 5.75 Å². The lowest BCUT2D eigenvalue weighted by atomic mass is 10.2. The number of ether oxygens (including phenoxy) is 1. The highest BCUT2D eigenvalue weighted by Crippen LogP contribution is 2.32. The predicted octanol–water partition coefficient (Wildman–Crippen LogP) is 3.07. The molecule has 1 aromatic heterocycles. The van der Waals surface area contributed by atoms with Gasteiger partial charge in [-0.15, -0.1) is 0 Å². The zero-order valence-electron chi connectivity index (χ0n) is 14.2. The Labute approximate surface area is 154 Å². The molecule has 3 aromatic rings. The van der Waals surface area contributed by atoms with Gasteiger partial charge >= 0.3 is 0 Å². The molecule has 0 aliphatic carbocycles. The van der Waals surface area contributed by atoms with Gasteiger partial charge in [0.2, 0.25) is 5.91 Å². The minimum absolute atomic E-state index is 0.00108. The normalized spacial score (nSPS) is 13.4. The van der Waals surface area contributed by atoms with Crippen LogP contribution >= 0.6 is 11.3 Å². The zero-order valence-corrected chi connectivity index (χ0v) is 15.0. The highest BCUT2D eigenvalue weighted by molar-refractivity contribution is 7.22. The van der Waals surface area contributed by atoms with Crippen molar-refractivity contribution in [1.29, 1.82) is 0 Å². The molecule has 132 valence electrons. The van der Waals surface area contributed by atoms with Crippen molar-refractivity contribution in [3.63, 3.8) is 0 Å². The molecule has 2 amide bonds. The van der Waals surface area contributed by atoms with E-state index in [0.717, 1.165) is 10.2 Å². The van der Waals surface area contributed by atoms with E-state index in [9.17, 15) is 9.59 Å². The smallest absolute Gasteiger partial charge is 0.265 e. The summed E-state index contributed by atoms with van der Waals surface area (Å²) in [6, 6.07) is 15.2. The number of thiazole rings is 1. The van der Waals surface area contributed by atoms with Crippen LogP contribution in [0.3, 0.4) is 0 Å². The van der Waals surface area contributed by atoms with E-state index in [-0.39, 0.29) is 24.8 Å². The molecule has 26 heavy (non-hydrogen) atoms. The number of amides is 2. The van der Waals surface area contributed by atoms with Crippen molar-refractivity contribution in [3.8, 4) is 5.75 Å². The molecule has 7 heteroatoms. The minimum atomic E-state index is -0.140. The second kappa shape index (κ2) is 6.76. The average molecular weight is 367 g/mol. The Balaban J connectivity index is 1.47. The van der Waals surface area contributed by atoms with Crippen LogP contribution in [0.1, 0.15) is 6.42 Å². The summed E-state index contributed by atoms with van der Waals surface area (Å²) < 4.78 is 6.47. The van der Waals surface area contributed by atoms with Crippen molar-refractivity contribution in [3.05, 3.63) is 48.5 Å². The topological polar surface area (TPSA) is 62.7 Å². The van der Waals surface area contributed by atoms with Gasteiger partial charge in [-0.3, -0.25) is 14.5 Å². The van der Waals surface area contributed by atoms with Gasteiger partial charge in [-0.05, 0) is 24.3 Å². The Bertz CT molecular complexity index is 952. The molecule has 1 aliphatic rings. The summed E-state index contributed by atoms with van der Waals surface area (Å²) in [7, 11) is 1.72. The Morgan fingerprint density at radius 3 is 2.85 bits per heavy atom. The molecule has 1 aliphatic heterocycles. The second-order valence-corrected chi connectivity index (χ2v) is 6.98. The fourth-order valence-corrected chi connectivity index (χ4v) is 3.83. The molecule has 0 N–H and O–H groups in total. The van der Waals surface area contributed by atoms with Gasteiger partial charge < -0.3 is 9.64 Å². The largest absolute Gasteiger partial charge is 0.482 e. The first-order valence-electron chi connectivity index (χ1n) is 8.28. The summed E-state index contributed by atoms with van der Waals surface area (Å²) in [6.07, 6.45) is 0.215. The maximum Gasteiger partial charge on any atom is 0.265 e. The van der Waals surface area contributed by atoms with Gasteiger partial charge in [-0.2, -0.15) is 0 Å². The number of carbonyl (C=O) groups is 2. The summed E-state index contributed by atoms with van der Waals surface area (Å²) in [5.41, 5.74) is 1.59. The van der Waals surface area contributed by atoms with E-state index in [1.807, 2.05) is 48.5 Å². The fourth-order valence-electron chi connectivity index (χ4n) is 2.88. The van der Waals surface area contributed by atoms with Crippen LogP contribution in [-0.4, -0.2) is 37.0 Å². The summed E-state index contributed by atoms with van der Waals surface area (Å²) in [5, 5.41) is 0.657. The number of hydrogen-bond acceptors (Lipinski definition) is 5. The lowest BCUT2D eigenvalue weighted by molar-refractivity contribution is -0.121. The van der Waals surface area contributed by atoms with Crippen LogP contribution in [0.15, 0.2) is 48.5 Å². The summed E-state index contributed by atoms with van der Waals surface area (Å²) in [4.78, 5) is 32.5. The van der Waals surface area contributed by atoms with E-state index in [4.69, 9.17) is 4.74 Å². The molecule has 0 saturated heterocycles. The molecular formula is C19H17N3O3S. The molecule has 6 nitrogen and oxygen atoms in total. The first kappa shape index (κ1) is 16.5. The number of carbonyl (C=O) groups excluding carboxylic acids is 2. The molecule has 4 rings (SSSR count). The number of nitrogens with zero attached hydrogens (tertiary/aromatic N) is 3. The monoisotopic (exact) mass is 367 g/mol. The van der Waals surface area contributed by atoms with Crippen molar-refractivity contribution in [1.82, 2.24) is 4.98 Å². The minimum Gasteiger partial charge on any atom is -0.482 e. The number of para-hydroxylation sites is 3. The molecule has 0 unspecified atom stereocenters. The van der Waals surface area contributed by atoms with E-state index in [1.165, 1.54) is 11.3 Å². The van der Waals surface area contributed by atoms with Crippen molar-refractivity contribution in [2.75, 3.05) is 30.0 Å². The molecule has 0 fully saturated rings. The van der Waals surface area contributed by atoms with Gasteiger partial charge in [-0.1, -0.05) is 35.6 Å². The number of fused-ring (bicyclic) bond motifs is 2. The Kier molecular flexibility index (Phi) is 4.30. The van der Waals surface area contributed by atoms with Gasteiger partial charge in [0.15, 0.2) is 11.7 Å². The lowest BCUT2D eigenvalue weighted by Gasteiger charge is -2.29. The first-order valence-corrected chi connectivity index (χ1v) is 9.09. The summed E-state index contributed by atoms with van der Waals surface area (Å²) in [5.74, 6) is 0.444. The third-order valence-electron chi connectivity index (χ3n) is 4.30. The van der Waals surface area contributed by atoms with Crippen LogP contribution in [0.2, 0.25) is 0 Å². The highest BCUT2D eigenvalue weighted by atomic mass is 32.1. The van der Waals surface area contributed by atoms with E-state index in [1.54, 1.807) is 16.8 Å². The Morgan fingerprint density at radius 2 is 2.00 bits per heavy atom. The maximum atomic E-state index is 12.6. The van der Waals surface area contributed by atoms with Crippen LogP contribution < -0.4 is 14.5 Å². The van der Waals surface area contributed by atoms with Crippen molar-refractivity contribution < 1.29 is 14.3 Å². The van der Waals surface area contributed by atoms with Crippen molar-refractivity contribution in [2.45, 2.75) is 6.42 Å². The van der Waals surface area contributed by atoms with Gasteiger partial charge in [0.05, 0.1) is 15.9 Å².